The summed E-state index contributed by atoms with van der Waals surface area (Å²) >= 11 is 6.96. The summed E-state index contributed by atoms with van der Waals surface area (Å²) < 4.78 is 5.04. The lowest BCUT2D eigenvalue weighted by Gasteiger charge is -2.03. The van der Waals surface area contributed by atoms with E-state index in [0.717, 1.165) is 11.8 Å². The van der Waals surface area contributed by atoms with Crippen molar-refractivity contribution < 1.29 is 19.6 Å². The zero-order valence-electron chi connectivity index (χ0n) is 15.2. The maximum atomic E-state index is 12.4. The van der Waals surface area contributed by atoms with Crippen LogP contribution in [0.1, 0.15) is 12.5 Å². The Labute approximate surface area is 175 Å². The van der Waals surface area contributed by atoms with Gasteiger partial charge in [0.1, 0.15) is 16.4 Å². The van der Waals surface area contributed by atoms with Gasteiger partial charge in [0, 0.05) is 17.2 Å². The van der Waals surface area contributed by atoms with E-state index in [2.05, 4.69) is 4.99 Å². The number of hydrogen-bond acceptors (Lipinski definition) is 7. The number of benzene rings is 2. The molecule has 0 saturated carbocycles. The smallest absolute Gasteiger partial charge is 0.344 e. The summed E-state index contributed by atoms with van der Waals surface area (Å²) in [6.07, 6.45) is 1.55. The Morgan fingerprint density at radius 2 is 2.03 bits per heavy atom. The summed E-state index contributed by atoms with van der Waals surface area (Å²) in [7, 11) is 0. The molecule has 0 atom stereocenters. The highest BCUT2D eigenvalue weighted by Crippen LogP contribution is 2.40. The van der Waals surface area contributed by atoms with Crippen molar-refractivity contribution in [2.75, 3.05) is 6.61 Å². The van der Waals surface area contributed by atoms with E-state index < -0.39 is 10.9 Å². The molecule has 1 aliphatic heterocycles. The van der Waals surface area contributed by atoms with Crippen LogP contribution in [-0.2, 0) is 9.53 Å². The van der Waals surface area contributed by atoms with Gasteiger partial charge in [0.25, 0.3) is 5.69 Å². The molecule has 1 heterocycles. The number of nitro benzene ring substituents is 1. The number of aliphatic hydroxyl groups is 1. The molecule has 2 aromatic carbocycles. The second kappa shape index (κ2) is 8.93. The van der Waals surface area contributed by atoms with Crippen LogP contribution in [0.25, 0.3) is 6.08 Å². The minimum Gasteiger partial charge on any atom is -0.506 e. The molecule has 0 fully saturated rings. The zero-order chi connectivity index (χ0) is 21.0. The maximum Gasteiger partial charge on any atom is 0.344 e. The third-order valence-electron chi connectivity index (χ3n) is 3.81. The number of hydrogen-bond donors (Lipinski definition) is 1. The SMILES string of the molecule is CCOC(=O)C1=C(O)/C(=C/c2cccc([N+](=O)[O-])c2)SC1=Nc1ccc(Cl)cc1. The van der Waals surface area contributed by atoms with Gasteiger partial charge in [0.2, 0.25) is 0 Å². The summed E-state index contributed by atoms with van der Waals surface area (Å²) in [6, 6.07) is 12.6. The molecule has 0 unspecified atom stereocenters. The van der Waals surface area contributed by atoms with E-state index in [4.69, 9.17) is 16.3 Å². The van der Waals surface area contributed by atoms with Gasteiger partial charge in [0.05, 0.1) is 22.1 Å². The van der Waals surface area contributed by atoms with Gasteiger partial charge in [-0.3, -0.25) is 10.1 Å². The molecule has 29 heavy (non-hydrogen) atoms. The van der Waals surface area contributed by atoms with Crippen molar-refractivity contribution in [1.29, 1.82) is 0 Å². The van der Waals surface area contributed by atoms with E-state index in [-0.39, 0.29) is 28.7 Å². The van der Waals surface area contributed by atoms with Crippen LogP contribution in [0.2, 0.25) is 5.02 Å². The molecule has 148 valence electrons. The minimum absolute atomic E-state index is 0.0523. The van der Waals surface area contributed by atoms with Gasteiger partial charge in [-0.2, -0.15) is 0 Å². The lowest BCUT2D eigenvalue weighted by molar-refractivity contribution is -0.384. The van der Waals surface area contributed by atoms with Crippen LogP contribution in [0.3, 0.4) is 0 Å². The van der Waals surface area contributed by atoms with E-state index in [1.807, 2.05) is 0 Å². The van der Waals surface area contributed by atoms with E-state index in [1.165, 1.54) is 12.1 Å². The molecule has 7 nitrogen and oxygen atoms in total. The normalized spacial score (nSPS) is 16.5. The maximum absolute atomic E-state index is 12.4. The quantitative estimate of drug-likeness (QED) is 0.385. The summed E-state index contributed by atoms with van der Waals surface area (Å²) in [4.78, 5) is 27.6. The van der Waals surface area contributed by atoms with Gasteiger partial charge in [-0.25, -0.2) is 9.79 Å². The molecule has 2 aromatic rings. The number of carbonyl (C=O) groups excluding carboxylic acids is 1. The fraction of sp³-hybridized carbons (Fsp3) is 0.100. The van der Waals surface area contributed by atoms with E-state index >= 15 is 0 Å². The van der Waals surface area contributed by atoms with Crippen molar-refractivity contribution in [3.8, 4) is 0 Å². The molecule has 0 amide bonds. The number of thioether (sulfide) groups is 1. The molecule has 1 N–H and O–H groups in total. The first kappa shape index (κ1) is 20.6. The fourth-order valence-corrected chi connectivity index (χ4v) is 3.67. The topological polar surface area (TPSA) is 102 Å². The van der Waals surface area contributed by atoms with E-state index in [0.29, 0.717) is 21.2 Å². The molecule has 0 aromatic heterocycles. The number of rotatable bonds is 5. The Morgan fingerprint density at radius 1 is 1.31 bits per heavy atom. The highest BCUT2D eigenvalue weighted by Gasteiger charge is 2.33. The molecule has 0 radical (unpaired) electrons. The van der Waals surface area contributed by atoms with Crippen LogP contribution >= 0.6 is 23.4 Å². The van der Waals surface area contributed by atoms with Gasteiger partial charge in [-0.15, -0.1) is 0 Å². The first-order valence-corrected chi connectivity index (χ1v) is 9.68. The number of aliphatic imine (C=N–C) groups is 1. The van der Waals surface area contributed by atoms with Gasteiger partial charge < -0.3 is 9.84 Å². The molecular weight excluding hydrogens is 416 g/mol. The highest BCUT2D eigenvalue weighted by molar-refractivity contribution is 8.18. The number of carbonyl (C=O) groups is 1. The van der Waals surface area contributed by atoms with Crippen LogP contribution in [0.15, 0.2) is 69.8 Å². The van der Waals surface area contributed by atoms with Crippen molar-refractivity contribution in [3.05, 3.63) is 85.5 Å². The Bertz CT molecular complexity index is 1060. The standard InChI is InChI=1S/C20H15ClN2O5S/c1-2-28-20(25)17-18(24)16(11-12-4-3-5-15(10-12)23(26)27)29-19(17)22-14-8-6-13(21)7-9-14/h3-11,24H,2H2,1H3/b16-11-,22-19?. The van der Waals surface area contributed by atoms with Crippen molar-refractivity contribution >= 4 is 51.8 Å². The number of esters is 1. The molecular formula is C20H15ClN2O5S. The summed E-state index contributed by atoms with van der Waals surface area (Å²) in [5, 5.41) is 22.4. The number of aliphatic hydroxyl groups excluding tert-OH is 1. The summed E-state index contributed by atoms with van der Waals surface area (Å²) in [6.45, 7) is 1.80. The fourth-order valence-electron chi connectivity index (χ4n) is 2.50. The van der Waals surface area contributed by atoms with E-state index in [1.54, 1.807) is 49.4 Å². The Balaban J connectivity index is 2.04. The average molecular weight is 431 g/mol. The van der Waals surface area contributed by atoms with Crippen LogP contribution in [-0.4, -0.2) is 27.6 Å². The van der Waals surface area contributed by atoms with E-state index in [9.17, 15) is 20.0 Å². The van der Waals surface area contributed by atoms with Gasteiger partial charge in [-0.05, 0) is 42.8 Å². The molecule has 1 aliphatic rings. The Hall–Kier alpha value is -3.10. The third-order valence-corrected chi connectivity index (χ3v) is 5.08. The average Bonchev–Trinajstić information content (AvgIpc) is 2.99. The monoisotopic (exact) mass is 430 g/mol. The number of nitrogens with zero attached hydrogens (tertiary/aromatic N) is 2. The van der Waals surface area contributed by atoms with Gasteiger partial charge in [0.15, 0.2) is 0 Å². The lowest BCUT2D eigenvalue weighted by Crippen LogP contribution is -2.12. The van der Waals surface area contributed by atoms with Crippen molar-refractivity contribution in [3.63, 3.8) is 0 Å². The van der Waals surface area contributed by atoms with Crippen molar-refractivity contribution in [1.82, 2.24) is 0 Å². The first-order valence-electron chi connectivity index (χ1n) is 8.48. The first-order chi connectivity index (χ1) is 13.9. The predicted octanol–water partition coefficient (Wildman–Crippen LogP) is 5.44. The third kappa shape index (κ3) is 4.85. The van der Waals surface area contributed by atoms with Crippen molar-refractivity contribution in [2.45, 2.75) is 6.92 Å². The van der Waals surface area contributed by atoms with Crippen molar-refractivity contribution in [2.24, 2.45) is 4.99 Å². The molecule has 0 aliphatic carbocycles. The number of non-ortho nitro benzene ring substituents is 1. The molecule has 0 spiro atoms. The van der Waals surface area contributed by atoms with Gasteiger partial charge in [-0.1, -0.05) is 35.5 Å². The molecule has 0 saturated heterocycles. The molecule has 3 rings (SSSR count). The molecule has 0 bridgehead atoms. The van der Waals surface area contributed by atoms with Crippen LogP contribution in [0.5, 0.6) is 0 Å². The second-order valence-electron chi connectivity index (χ2n) is 5.80. The zero-order valence-corrected chi connectivity index (χ0v) is 16.7. The number of ether oxygens (including phenoxy) is 1. The summed E-state index contributed by atoms with van der Waals surface area (Å²) in [5.74, 6) is -0.986. The predicted molar refractivity (Wildman–Crippen MR) is 113 cm³/mol. The van der Waals surface area contributed by atoms with Crippen LogP contribution < -0.4 is 0 Å². The van der Waals surface area contributed by atoms with Gasteiger partial charge >= 0.3 is 5.97 Å². The van der Waals surface area contributed by atoms with Crippen LogP contribution in [0.4, 0.5) is 11.4 Å². The highest BCUT2D eigenvalue weighted by atomic mass is 35.5. The minimum atomic E-state index is -0.701. The Kier molecular flexibility index (Phi) is 6.36. The van der Waals surface area contributed by atoms with Crippen LogP contribution in [0, 0.1) is 10.1 Å². The summed E-state index contributed by atoms with van der Waals surface area (Å²) in [5.41, 5.74) is 0.919. The lowest BCUT2D eigenvalue weighted by atomic mass is 10.1. The second-order valence-corrected chi connectivity index (χ2v) is 7.27. The number of halogens is 1. The molecule has 9 heteroatoms. The number of nitro groups is 1. The Morgan fingerprint density at radius 3 is 2.69 bits per heavy atom. The largest absolute Gasteiger partial charge is 0.506 e.